The molecular formula is C9H8BrN3O. The number of nitrogens with zero attached hydrogens (tertiary/aromatic N) is 2. The lowest BCUT2D eigenvalue weighted by atomic mass is 10.3. The number of hydrogen-bond donors (Lipinski definition) is 1. The van der Waals surface area contributed by atoms with Crippen molar-refractivity contribution in [1.82, 2.24) is 9.97 Å². The Morgan fingerprint density at radius 3 is 3.14 bits per heavy atom. The van der Waals surface area contributed by atoms with Gasteiger partial charge in [-0.3, -0.25) is 0 Å². The van der Waals surface area contributed by atoms with Crippen LogP contribution in [0.4, 0.5) is 5.82 Å². The molecule has 1 N–H and O–H groups in total. The number of anilines is 1. The van der Waals surface area contributed by atoms with Gasteiger partial charge in [0.15, 0.2) is 0 Å². The molecule has 0 spiro atoms. The monoisotopic (exact) mass is 253 g/mol. The van der Waals surface area contributed by atoms with Gasteiger partial charge >= 0.3 is 0 Å². The Morgan fingerprint density at radius 1 is 1.50 bits per heavy atom. The lowest BCUT2D eigenvalue weighted by Gasteiger charge is -2.04. The quantitative estimate of drug-likeness (QED) is 0.913. The van der Waals surface area contributed by atoms with Gasteiger partial charge in [0, 0.05) is 18.3 Å². The van der Waals surface area contributed by atoms with Crippen molar-refractivity contribution >= 4 is 21.7 Å². The molecule has 0 aliphatic rings. The molecule has 0 saturated carbocycles. The summed E-state index contributed by atoms with van der Waals surface area (Å²) >= 11 is 3.35. The van der Waals surface area contributed by atoms with Crippen LogP contribution >= 0.6 is 15.9 Å². The van der Waals surface area contributed by atoms with E-state index in [-0.39, 0.29) is 0 Å². The molecule has 0 radical (unpaired) electrons. The molecule has 0 aliphatic heterocycles. The van der Waals surface area contributed by atoms with E-state index in [1.807, 2.05) is 6.07 Å². The van der Waals surface area contributed by atoms with Crippen molar-refractivity contribution < 1.29 is 4.42 Å². The molecule has 0 fully saturated rings. The van der Waals surface area contributed by atoms with E-state index in [0.717, 1.165) is 15.9 Å². The summed E-state index contributed by atoms with van der Waals surface area (Å²) in [6.07, 6.45) is 6.54. The zero-order valence-electron chi connectivity index (χ0n) is 7.27. The van der Waals surface area contributed by atoms with E-state index in [1.165, 1.54) is 6.33 Å². The van der Waals surface area contributed by atoms with Gasteiger partial charge in [-0.1, -0.05) is 0 Å². The van der Waals surface area contributed by atoms with Gasteiger partial charge in [0.1, 0.15) is 12.1 Å². The van der Waals surface area contributed by atoms with E-state index in [9.17, 15) is 0 Å². The molecule has 0 amide bonds. The fraction of sp³-hybridized carbons (Fsp3) is 0.111. The summed E-state index contributed by atoms with van der Waals surface area (Å²) in [6, 6.07) is 1.90. The normalized spacial score (nSPS) is 10.1. The van der Waals surface area contributed by atoms with Crippen molar-refractivity contribution in [2.24, 2.45) is 0 Å². The third kappa shape index (κ3) is 2.11. The number of hydrogen-bond acceptors (Lipinski definition) is 4. The Kier molecular flexibility index (Phi) is 2.78. The Bertz CT molecular complexity index is 402. The van der Waals surface area contributed by atoms with Crippen molar-refractivity contribution in [3.05, 3.63) is 41.2 Å². The predicted molar refractivity (Wildman–Crippen MR) is 55.8 cm³/mol. The van der Waals surface area contributed by atoms with Crippen LogP contribution in [0.3, 0.4) is 0 Å². The van der Waals surface area contributed by atoms with Crippen LogP contribution in [0.2, 0.25) is 0 Å². The van der Waals surface area contributed by atoms with Crippen LogP contribution in [0.25, 0.3) is 0 Å². The fourth-order valence-electron chi connectivity index (χ4n) is 1.02. The van der Waals surface area contributed by atoms with Crippen molar-refractivity contribution in [3.63, 3.8) is 0 Å². The minimum Gasteiger partial charge on any atom is -0.472 e. The number of aromatic nitrogens is 2. The van der Waals surface area contributed by atoms with Crippen LogP contribution in [0, 0.1) is 0 Å². The van der Waals surface area contributed by atoms with Crippen LogP contribution in [0.5, 0.6) is 0 Å². The molecule has 4 nitrogen and oxygen atoms in total. The first-order valence-electron chi connectivity index (χ1n) is 4.07. The Balaban J connectivity index is 2.02. The Morgan fingerprint density at radius 2 is 2.43 bits per heavy atom. The Hall–Kier alpha value is -1.36. The van der Waals surface area contributed by atoms with E-state index in [1.54, 1.807) is 18.7 Å². The molecule has 0 aromatic carbocycles. The molecule has 2 rings (SSSR count). The van der Waals surface area contributed by atoms with Crippen LogP contribution in [-0.4, -0.2) is 9.97 Å². The summed E-state index contributed by atoms with van der Waals surface area (Å²) in [7, 11) is 0. The second-order valence-corrected chi connectivity index (χ2v) is 3.56. The fourth-order valence-corrected chi connectivity index (χ4v) is 1.38. The molecule has 0 bridgehead atoms. The van der Waals surface area contributed by atoms with Gasteiger partial charge in [0.25, 0.3) is 0 Å². The van der Waals surface area contributed by atoms with Crippen molar-refractivity contribution in [1.29, 1.82) is 0 Å². The number of halogens is 1. The summed E-state index contributed by atoms with van der Waals surface area (Å²) < 4.78 is 5.80. The second kappa shape index (κ2) is 4.23. The van der Waals surface area contributed by atoms with E-state index < -0.39 is 0 Å². The van der Waals surface area contributed by atoms with E-state index >= 15 is 0 Å². The third-order valence-corrected chi connectivity index (χ3v) is 2.29. The van der Waals surface area contributed by atoms with Gasteiger partial charge in [-0.05, 0) is 22.0 Å². The molecule has 5 heteroatoms. The summed E-state index contributed by atoms with van der Waals surface area (Å²) in [5.74, 6) is 0.779. The molecule has 72 valence electrons. The molecule has 2 aromatic rings. The van der Waals surface area contributed by atoms with Crippen LogP contribution in [0.15, 0.2) is 40.0 Å². The maximum absolute atomic E-state index is 4.95. The van der Waals surface area contributed by atoms with Gasteiger partial charge in [-0.15, -0.1) is 0 Å². The minimum absolute atomic E-state index is 0.687. The van der Waals surface area contributed by atoms with Crippen molar-refractivity contribution in [2.75, 3.05) is 5.32 Å². The molecule has 2 aromatic heterocycles. The molecular weight excluding hydrogens is 246 g/mol. The van der Waals surface area contributed by atoms with Crippen molar-refractivity contribution in [3.8, 4) is 0 Å². The highest BCUT2D eigenvalue weighted by molar-refractivity contribution is 9.10. The zero-order valence-corrected chi connectivity index (χ0v) is 8.86. The first kappa shape index (κ1) is 9.21. The summed E-state index contributed by atoms with van der Waals surface area (Å²) in [4.78, 5) is 7.95. The number of furan rings is 1. The Labute approximate surface area is 89.5 Å². The highest BCUT2D eigenvalue weighted by Crippen LogP contribution is 2.17. The largest absolute Gasteiger partial charge is 0.472 e. The zero-order chi connectivity index (χ0) is 9.80. The van der Waals surface area contributed by atoms with Crippen LogP contribution in [-0.2, 0) is 6.54 Å². The van der Waals surface area contributed by atoms with E-state index in [4.69, 9.17) is 4.42 Å². The summed E-state index contributed by atoms with van der Waals surface area (Å²) in [5, 5.41) is 3.16. The summed E-state index contributed by atoms with van der Waals surface area (Å²) in [6.45, 7) is 0.687. The molecule has 0 aliphatic carbocycles. The molecule has 14 heavy (non-hydrogen) atoms. The van der Waals surface area contributed by atoms with Gasteiger partial charge in [-0.25, -0.2) is 9.97 Å². The van der Waals surface area contributed by atoms with Crippen molar-refractivity contribution in [2.45, 2.75) is 6.54 Å². The van der Waals surface area contributed by atoms with Crippen LogP contribution < -0.4 is 5.32 Å². The molecule has 0 unspecified atom stereocenters. The molecule has 2 heterocycles. The first-order chi connectivity index (χ1) is 6.86. The topological polar surface area (TPSA) is 51.0 Å². The smallest absolute Gasteiger partial charge is 0.144 e. The lowest BCUT2D eigenvalue weighted by molar-refractivity contribution is 0.564. The SMILES string of the molecule is Brc1cncnc1NCc1ccoc1. The highest BCUT2D eigenvalue weighted by atomic mass is 79.9. The predicted octanol–water partition coefficient (Wildman–Crippen LogP) is 2.44. The first-order valence-corrected chi connectivity index (χ1v) is 4.86. The maximum Gasteiger partial charge on any atom is 0.144 e. The molecule has 0 atom stereocenters. The van der Waals surface area contributed by atoms with Gasteiger partial charge < -0.3 is 9.73 Å². The van der Waals surface area contributed by atoms with E-state index in [0.29, 0.717) is 6.54 Å². The van der Waals surface area contributed by atoms with Gasteiger partial charge in [-0.2, -0.15) is 0 Å². The maximum atomic E-state index is 4.95. The number of rotatable bonds is 3. The summed E-state index contributed by atoms with van der Waals surface area (Å²) in [5.41, 5.74) is 1.08. The average molecular weight is 254 g/mol. The molecule has 0 saturated heterocycles. The third-order valence-electron chi connectivity index (χ3n) is 1.71. The minimum atomic E-state index is 0.687. The highest BCUT2D eigenvalue weighted by Gasteiger charge is 2.00. The lowest BCUT2D eigenvalue weighted by Crippen LogP contribution is -2.01. The van der Waals surface area contributed by atoms with Gasteiger partial charge in [0.05, 0.1) is 17.0 Å². The van der Waals surface area contributed by atoms with E-state index in [2.05, 4.69) is 31.2 Å². The standard InChI is InChI=1S/C9H8BrN3O/c10-8-4-11-6-13-9(8)12-3-7-1-2-14-5-7/h1-2,4-6H,3H2,(H,11,12,13). The number of nitrogens with one attached hydrogen (secondary N) is 1. The second-order valence-electron chi connectivity index (χ2n) is 2.70. The average Bonchev–Trinajstić information content (AvgIpc) is 2.69. The van der Waals surface area contributed by atoms with Gasteiger partial charge in [0.2, 0.25) is 0 Å². The van der Waals surface area contributed by atoms with Crippen LogP contribution in [0.1, 0.15) is 5.56 Å².